The highest BCUT2D eigenvalue weighted by atomic mass is 35.5. The lowest BCUT2D eigenvalue weighted by Crippen LogP contribution is -2.56. The van der Waals surface area contributed by atoms with Gasteiger partial charge in [-0.25, -0.2) is 8.42 Å². The van der Waals surface area contributed by atoms with Crippen LogP contribution in [0.4, 0.5) is 5.69 Å². The molecule has 0 fully saturated rings. The van der Waals surface area contributed by atoms with Crippen LogP contribution < -0.4 is 14.4 Å². The quantitative estimate of drug-likeness (QED) is 0.156. The van der Waals surface area contributed by atoms with E-state index in [-0.39, 0.29) is 23.5 Å². The molecule has 4 rings (SSSR count). The van der Waals surface area contributed by atoms with Crippen LogP contribution in [-0.4, -0.2) is 49.9 Å². The number of ether oxygens (including phenoxy) is 1. The van der Waals surface area contributed by atoms with Crippen LogP contribution in [-0.2, 0) is 32.6 Å². The first-order chi connectivity index (χ1) is 22.7. The minimum Gasteiger partial charge on any atom is -0.494 e. The predicted octanol–water partition coefficient (Wildman–Crippen LogP) is 7.45. The number of carbonyl (C=O) groups excluding carboxylic acids is 2. The zero-order valence-electron chi connectivity index (χ0n) is 27.7. The number of hydrogen-bond acceptors (Lipinski definition) is 5. The summed E-state index contributed by atoms with van der Waals surface area (Å²) >= 11 is 12.8. The van der Waals surface area contributed by atoms with Crippen LogP contribution in [0.2, 0.25) is 10.0 Å². The minimum absolute atomic E-state index is 0.0217. The van der Waals surface area contributed by atoms with Crippen molar-refractivity contribution in [3.8, 4) is 5.75 Å². The fourth-order valence-electron chi connectivity index (χ4n) is 5.08. The van der Waals surface area contributed by atoms with Crippen molar-refractivity contribution in [1.82, 2.24) is 10.2 Å². The molecule has 0 heterocycles. The zero-order chi connectivity index (χ0) is 35.1. The molecule has 0 saturated heterocycles. The summed E-state index contributed by atoms with van der Waals surface area (Å²) < 4.78 is 35.1. The number of nitrogens with one attached hydrogen (secondary N) is 1. The van der Waals surface area contributed by atoms with Gasteiger partial charge < -0.3 is 15.0 Å². The average molecular weight is 711 g/mol. The molecule has 2 amide bonds. The number of hydrogen-bond donors (Lipinski definition) is 1. The van der Waals surface area contributed by atoms with Crippen LogP contribution in [0, 0.1) is 6.92 Å². The van der Waals surface area contributed by atoms with Gasteiger partial charge in [0.05, 0.1) is 17.2 Å². The van der Waals surface area contributed by atoms with Gasteiger partial charge in [-0.05, 0) is 94.3 Å². The van der Waals surface area contributed by atoms with Crippen molar-refractivity contribution < 1.29 is 22.7 Å². The normalized spacial score (nSPS) is 12.2. The highest BCUT2D eigenvalue weighted by Crippen LogP contribution is 2.29. The summed E-state index contributed by atoms with van der Waals surface area (Å²) in [4.78, 5) is 30.1. The molecule has 4 aromatic carbocycles. The number of aryl methyl sites for hydroxylation is 1. The van der Waals surface area contributed by atoms with E-state index in [1.165, 1.54) is 17.0 Å². The summed E-state index contributed by atoms with van der Waals surface area (Å²) in [7, 11) is -4.24. The third-order valence-corrected chi connectivity index (χ3v) is 9.82. The summed E-state index contributed by atoms with van der Waals surface area (Å²) in [6.07, 6.45) is 0.174. The van der Waals surface area contributed by atoms with E-state index in [4.69, 9.17) is 27.9 Å². The lowest BCUT2D eigenvalue weighted by Gasteiger charge is -2.35. The van der Waals surface area contributed by atoms with Gasteiger partial charge in [0.25, 0.3) is 10.0 Å². The summed E-state index contributed by atoms with van der Waals surface area (Å²) in [6.45, 7) is 9.04. The van der Waals surface area contributed by atoms with Crippen molar-refractivity contribution in [3.05, 3.63) is 124 Å². The third-order valence-electron chi connectivity index (χ3n) is 7.45. The summed E-state index contributed by atoms with van der Waals surface area (Å²) in [5.41, 5.74) is 1.90. The van der Waals surface area contributed by atoms with Gasteiger partial charge in [-0.1, -0.05) is 77.3 Å². The lowest BCUT2D eigenvalue weighted by molar-refractivity contribution is -0.140. The van der Waals surface area contributed by atoms with Gasteiger partial charge in [0.2, 0.25) is 11.8 Å². The van der Waals surface area contributed by atoms with Crippen LogP contribution in [0.25, 0.3) is 0 Å². The largest absolute Gasteiger partial charge is 0.494 e. The molecule has 254 valence electrons. The summed E-state index contributed by atoms with van der Waals surface area (Å²) in [5, 5.41) is 3.74. The monoisotopic (exact) mass is 709 g/mol. The van der Waals surface area contributed by atoms with Gasteiger partial charge in [0.1, 0.15) is 18.3 Å². The first-order valence-corrected chi connectivity index (χ1v) is 17.8. The van der Waals surface area contributed by atoms with E-state index in [2.05, 4.69) is 5.32 Å². The average Bonchev–Trinajstić information content (AvgIpc) is 3.03. The second-order valence-electron chi connectivity index (χ2n) is 12.5. The standard InChI is InChI=1S/C37H41Cl2N3O5S/c1-6-47-31-18-16-30(17-19-31)42(48(45,46)32-20-12-26(2)13-21-32)25-35(43)41(24-28-14-15-29(38)23-33(28)39)34(36(44)40-37(3,4)5)22-27-10-8-7-9-11-27/h7-21,23,34H,6,22,24-25H2,1-5H3,(H,40,44). The Morgan fingerprint density at radius 2 is 1.54 bits per heavy atom. The van der Waals surface area contributed by atoms with Gasteiger partial charge in [0.15, 0.2) is 0 Å². The van der Waals surface area contributed by atoms with Crippen molar-refractivity contribution in [2.24, 2.45) is 0 Å². The van der Waals surface area contributed by atoms with Crippen molar-refractivity contribution in [3.63, 3.8) is 0 Å². The Morgan fingerprint density at radius 1 is 0.896 bits per heavy atom. The lowest BCUT2D eigenvalue weighted by atomic mass is 10.0. The number of halogens is 2. The van der Waals surface area contributed by atoms with Gasteiger partial charge in [-0.15, -0.1) is 0 Å². The van der Waals surface area contributed by atoms with E-state index in [9.17, 15) is 18.0 Å². The van der Waals surface area contributed by atoms with Gasteiger partial charge in [-0.3, -0.25) is 13.9 Å². The fourth-order valence-corrected chi connectivity index (χ4v) is 6.96. The highest BCUT2D eigenvalue weighted by molar-refractivity contribution is 7.92. The number of rotatable bonds is 13. The van der Waals surface area contributed by atoms with Gasteiger partial charge in [0, 0.05) is 28.5 Å². The Morgan fingerprint density at radius 3 is 2.12 bits per heavy atom. The van der Waals surface area contributed by atoms with Crippen molar-refractivity contribution >= 4 is 50.7 Å². The van der Waals surface area contributed by atoms with E-state index in [0.717, 1.165) is 15.4 Å². The maximum atomic E-state index is 14.7. The van der Waals surface area contributed by atoms with E-state index < -0.39 is 40.0 Å². The van der Waals surface area contributed by atoms with Crippen LogP contribution >= 0.6 is 23.2 Å². The summed E-state index contributed by atoms with van der Waals surface area (Å²) in [5.74, 6) is -0.435. The zero-order valence-corrected chi connectivity index (χ0v) is 30.1. The van der Waals surface area contributed by atoms with E-state index >= 15 is 0 Å². The first kappa shape index (κ1) is 36.8. The Kier molecular flexibility index (Phi) is 12.2. The summed E-state index contributed by atoms with van der Waals surface area (Å²) in [6, 6.07) is 26.2. The molecule has 8 nitrogen and oxygen atoms in total. The number of amides is 2. The molecule has 0 aliphatic heterocycles. The molecule has 1 unspecified atom stereocenters. The van der Waals surface area contributed by atoms with E-state index in [0.29, 0.717) is 28.0 Å². The second kappa shape index (κ2) is 15.9. The second-order valence-corrected chi connectivity index (χ2v) is 15.2. The van der Waals surface area contributed by atoms with E-state index in [1.54, 1.807) is 54.6 Å². The van der Waals surface area contributed by atoms with Crippen LogP contribution in [0.15, 0.2) is 102 Å². The third kappa shape index (κ3) is 9.75. The Labute approximate surface area is 293 Å². The molecule has 1 N–H and O–H groups in total. The van der Waals surface area contributed by atoms with Crippen molar-refractivity contribution in [1.29, 1.82) is 0 Å². The maximum Gasteiger partial charge on any atom is 0.264 e. The molecule has 0 radical (unpaired) electrons. The molecular weight excluding hydrogens is 669 g/mol. The fraction of sp³-hybridized carbons (Fsp3) is 0.297. The Bertz CT molecular complexity index is 1810. The number of benzene rings is 4. The number of carbonyl (C=O) groups is 2. The van der Waals surface area contributed by atoms with Gasteiger partial charge in [-0.2, -0.15) is 0 Å². The number of nitrogens with zero attached hydrogens (tertiary/aromatic N) is 2. The van der Waals surface area contributed by atoms with Crippen LogP contribution in [0.1, 0.15) is 44.4 Å². The van der Waals surface area contributed by atoms with Crippen molar-refractivity contribution in [2.45, 2.75) is 64.1 Å². The van der Waals surface area contributed by atoms with E-state index in [1.807, 2.05) is 65.0 Å². The molecular formula is C37H41Cl2N3O5S. The SMILES string of the molecule is CCOc1ccc(N(CC(=O)N(Cc2ccc(Cl)cc2Cl)C(Cc2ccccc2)C(=O)NC(C)(C)C)S(=O)(=O)c2ccc(C)cc2)cc1. The molecule has 11 heteroatoms. The smallest absolute Gasteiger partial charge is 0.264 e. The molecule has 0 bridgehead atoms. The van der Waals surface area contributed by atoms with Crippen LogP contribution in [0.3, 0.4) is 0 Å². The molecule has 0 aliphatic carbocycles. The molecule has 0 aliphatic rings. The molecule has 0 saturated carbocycles. The molecule has 1 atom stereocenters. The molecule has 48 heavy (non-hydrogen) atoms. The van der Waals surface area contributed by atoms with Crippen LogP contribution in [0.5, 0.6) is 5.75 Å². The topological polar surface area (TPSA) is 96.0 Å². The Hall–Kier alpha value is -4.05. The number of sulfonamides is 1. The Balaban J connectivity index is 1.84. The molecule has 0 aromatic heterocycles. The first-order valence-electron chi connectivity index (χ1n) is 15.6. The minimum atomic E-state index is -4.24. The predicted molar refractivity (Wildman–Crippen MR) is 192 cm³/mol. The number of anilines is 1. The maximum absolute atomic E-state index is 14.7. The molecule has 4 aromatic rings. The highest BCUT2D eigenvalue weighted by Gasteiger charge is 2.36. The molecule has 0 spiro atoms. The van der Waals surface area contributed by atoms with Crippen molar-refractivity contribution in [2.75, 3.05) is 17.5 Å². The van der Waals surface area contributed by atoms with Gasteiger partial charge >= 0.3 is 0 Å².